The van der Waals surface area contributed by atoms with Crippen molar-refractivity contribution in [3.05, 3.63) is 34.9 Å². The van der Waals surface area contributed by atoms with Gasteiger partial charge in [0.25, 0.3) is 0 Å². The Morgan fingerprint density at radius 3 is 2.55 bits per heavy atom. The molecule has 0 radical (unpaired) electrons. The molecule has 1 aromatic carbocycles. The lowest BCUT2D eigenvalue weighted by Gasteiger charge is -2.30. The average molecular weight is 445 g/mol. The Kier molecular flexibility index (Phi) is 9.89. The molecule has 3 atom stereocenters. The number of rotatable bonds is 7. The van der Waals surface area contributed by atoms with Crippen LogP contribution >= 0.6 is 24.0 Å². The van der Waals surface area contributed by atoms with Crippen LogP contribution in [0.1, 0.15) is 39.2 Å². The molecule has 1 saturated heterocycles. The van der Waals surface area contributed by atoms with Gasteiger partial charge in [-0.15, -0.1) is 12.4 Å². The number of hydrogen-bond acceptors (Lipinski definition) is 4. The summed E-state index contributed by atoms with van der Waals surface area (Å²) in [5, 5.41) is 6.20. The van der Waals surface area contributed by atoms with Gasteiger partial charge in [0.05, 0.1) is 6.04 Å². The third-order valence-electron chi connectivity index (χ3n) is 4.84. The van der Waals surface area contributed by atoms with Crippen molar-refractivity contribution in [3.63, 3.8) is 0 Å². The second-order valence-electron chi connectivity index (χ2n) is 7.56. The third-order valence-corrected chi connectivity index (χ3v) is 5.07. The van der Waals surface area contributed by atoms with Crippen LogP contribution in [-0.2, 0) is 20.9 Å². The van der Waals surface area contributed by atoms with Gasteiger partial charge in [0.15, 0.2) is 0 Å². The molecule has 1 aliphatic rings. The predicted octanol–water partition coefficient (Wildman–Crippen LogP) is 1.86. The summed E-state index contributed by atoms with van der Waals surface area (Å²) >= 11 is 5.97. The van der Waals surface area contributed by atoms with Gasteiger partial charge in [0, 0.05) is 18.1 Å². The Bertz CT molecular complexity index is 727. The van der Waals surface area contributed by atoms with Crippen molar-refractivity contribution in [1.29, 1.82) is 0 Å². The number of hydrogen-bond donors (Lipinski definition) is 3. The lowest BCUT2D eigenvalue weighted by molar-refractivity contribution is -0.142. The standard InChI is InChI=1S/C20H29ClN4O3.ClH/c1-12(2)17(24-18(26)13(3)22)20(28)25-9-5-8-16(25)19(27)23-11-14-6-4-7-15(21)10-14;/h4,6-7,10,12-13,16-17H,5,8-9,11,22H2,1-3H3,(H,23,27)(H,24,26);1H/t13-,16-,17-;/m0./s1. The molecular formula is C20H30Cl2N4O3. The Hall–Kier alpha value is -1.83. The Labute approximate surface area is 183 Å². The Morgan fingerprint density at radius 1 is 1.28 bits per heavy atom. The summed E-state index contributed by atoms with van der Waals surface area (Å²) in [6, 6.07) is 5.31. The number of carbonyl (C=O) groups excluding carboxylic acids is 3. The maximum Gasteiger partial charge on any atom is 0.246 e. The quantitative estimate of drug-likeness (QED) is 0.596. The zero-order valence-electron chi connectivity index (χ0n) is 17.0. The van der Waals surface area contributed by atoms with E-state index in [2.05, 4.69) is 10.6 Å². The maximum atomic E-state index is 13.1. The van der Waals surface area contributed by atoms with E-state index in [0.29, 0.717) is 24.5 Å². The lowest BCUT2D eigenvalue weighted by Crippen LogP contribution is -2.56. The van der Waals surface area contributed by atoms with Crippen LogP contribution in [0.3, 0.4) is 0 Å². The van der Waals surface area contributed by atoms with Gasteiger partial charge in [-0.05, 0) is 43.4 Å². The van der Waals surface area contributed by atoms with E-state index in [-0.39, 0.29) is 36.0 Å². The molecule has 0 unspecified atom stereocenters. The minimum atomic E-state index is -0.708. The molecule has 2 rings (SSSR count). The highest BCUT2D eigenvalue weighted by atomic mass is 35.5. The van der Waals surface area contributed by atoms with Gasteiger partial charge in [-0.2, -0.15) is 0 Å². The number of likely N-dealkylation sites (tertiary alicyclic amines) is 1. The van der Waals surface area contributed by atoms with Crippen LogP contribution in [0, 0.1) is 5.92 Å². The third kappa shape index (κ3) is 6.87. The first-order valence-corrected chi connectivity index (χ1v) is 9.97. The maximum absolute atomic E-state index is 13.1. The van der Waals surface area contributed by atoms with Gasteiger partial charge < -0.3 is 21.3 Å². The number of carbonyl (C=O) groups is 3. The predicted molar refractivity (Wildman–Crippen MR) is 116 cm³/mol. The molecule has 1 heterocycles. The summed E-state index contributed by atoms with van der Waals surface area (Å²) in [7, 11) is 0. The van der Waals surface area contributed by atoms with Crippen molar-refractivity contribution in [2.24, 2.45) is 11.7 Å². The molecule has 1 aromatic rings. The van der Waals surface area contributed by atoms with Crippen LogP contribution in [0.15, 0.2) is 24.3 Å². The average Bonchev–Trinajstić information content (AvgIpc) is 3.13. The van der Waals surface area contributed by atoms with Crippen LogP contribution in [0.25, 0.3) is 0 Å². The summed E-state index contributed by atoms with van der Waals surface area (Å²) in [5.41, 5.74) is 6.50. The Morgan fingerprint density at radius 2 is 1.97 bits per heavy atom. The van der Waals surface area contributed by atoms with Gasteiger partial charge in [-0.25, -0.2) is 0 Å². The van der Waals surface area contributed by atoms with Gasteiger partial charge in [-0.1, -0.05) is 37.6 Å². The Balaban J connectivity index is 0.00000420. The van der Waals surface area contributed by atoms with E-state index in [0.717, 1.165) is 12.0 Å². The summed E-state index contributed by atoms with van der Waals surface area (Å²) in [6.07, 6.45) is 1.34. The summed E-state index contributed by atoms with van der Waals surface area (Å²) in [6.45, 7) is 6.11. The van der Waals surface area contributed by atoms with Crippen molar-refractivity contribution in [2.45, 2.75) is 58.3 Å². The van der Waals surface area contributed by atoms with Crippen LogP contribution < -0.4 is 16.4 Å². The van der Waals surface area contributed by atoms with E-state index in [1.54, 1.807) is 24.0 Å². The summed E-state index contributed by atoms with van der Waals surface area (Å²) in [5.74, 6) is -0.949. The normalized spacial score (nSPS) is 18.0. The molecule has 3 amide bonds. The van der Waals surface area contributed by atoms with E-state index in [4.69, 9.17) is 17.3 Å². The first kappa shape index (κ1) is 25.2. The van der Waals surface area contributed by atoms with Crippen molar-refractivity contribution < 1.29 is 14.4 Å². The van der Waals surface area contributed by atoms with E-state index >= 15 is 0 Å². The SMILES string of the molecule is CC(C)[C@H](NC(=O)[C@H](C)N)C(=O)N1CCC[C@H]1C(=O)NCc1cccc(Cl)c1.Cl. The fraction of sp³-hybridized carbons (Fsp3) is 0.550. The number of amides is 3. The topological polar surface area (TPSA) is 105 Å². The molecule has 0 saturated carbocycles. The smallest absolute Gasteiger partial charge is 0.246 e. The minimum absolute atomic E-state index is 0. The lowest BCUT2D eigenvalue weighted by atomic mass is 10.0. The second-order valence-corrected chi connectivity index (χ2v) is 7.99. The van der Waals surface area contributed by atoms with Gasteiger partial charge in [0.1, 0.15) is 12.1 Å². The van der Waals surface area contributed by atoms with Crippen molar-refractivity contribution >= 4 is 41.7 Å². The van der Waals surface area contributed by atoms with Gasteiger partial charge in [0.2, 0.25) is 17.7 Å². The molecule has 0 bridgehead atoms. The molecule has 4 N–H and O–H groups in total. The largest absolute Gasteiger partial charge is 0.350 e. The molecule has 29 heavy (non-hydrogen) atoms. The first-order chi connectivity index (χ1) is 13.2. The van der Waals surface area contributed by atoms with E-state index < -0.39 is 18.1 Å². The van der Waals surface area contributed by atoms with Crippen LogP contribution in [0.4, 0.5) is 0 Å². The molecule has 7 nitrogen and oxygen atoms in total. The van der Waals surface area contributed by atoms with Crippen molar-refractivity contribution in [2.75, 3.05) is 6.54 Å². The summed E-state index contributed by atoms with van der Waals surface area (Å²) in [4.78, 5) is 39.3. The van der Waals surface area contributed by atoms with Crippen molar-refractivity contribution in [1.82, 2.24) is 15.5 Å². The first-order valence-electron chi connectivity index (χ1n) is 9.59. The molecule has 9 heteroatoms. The second kappa shape index (κ2) is 11.4. The number of nitrogens with two attached hydrogens (primary N) is 1. The minimum Gasteiger partial charge on any atom is -0.350 e. The number of nitrogens with zero attached hydrogens (tertiary/aromatic N) is 1. The molecule has 0 aliphatic carbocycles. The molecule has 1 aliphatic heterocycles. The van der Waals surface area contributed by atoms with E-state index in [9.17, 15) is 14.4 Å². The van der Waals surface area contributed by atoms with Crippen LogP contribution in [-0.4, -0.2) is 47.3 Å². The highest BCUT2D eigenvalue weighted by molar-refractivity contribution is 6.30. The summed E-state index contributed by atoms with van der Waals surface area (Å²) < 4.78 is 0. The molecule has 162 valence electrons. The van der Waals surface area contributed by atoms with Crippen LogP contribution in [0.2, 0.25) is 5.02 Å². The monoisotopic (exact) mass is 444 g/mol. The van der Waals surface area contributed by atoms with Crippen molar-refractivity contribution in [3.8, 4) is 0 Å². The van der Waals surface area contributed by atoms with E-state index in [1.807, 2.05) is 26.0 Å². The van der Waals surface area contributed by atoms with E-state index in [1.165, 1.54) is 0 Å². The molecular weight excluding hydrogens is 415 g/mol. The zero-order valence-corrected chi connectivity index (χ0v) is 18.6. The van der Waals surface area contributed by atoms with Crippen LogP contribution in [0.5, 0.6) is 0 Å². The molecule has 1 fully saturated rings. The zero-order chi connectivity index (χ0) is 20.8. The fourth-order valence-corrected chi connectivity index (χ4v) is 3.45. The number of benzene rings is 1. The number of nitrogens with one attached hydrogen (secondary N) is 2. The highest BCUT2D eigenvalue weighted by Crippen LogP contribution is 2.21. The van der Waals surface area contributed by atoms with Gasteiger partial charge >= 0.3 is 0 Å². The fourth-order valence-electron chi connectivity index (χ4n) is 3.23. The molecule has 0 aromatic heterocycles. The highest BCUT2D eigenvalue weighted by Gasteiger charge is 2.38. The van der Waals surface area contributed by atoms with Gasteiger partial charge in [-0.3, -0.25) is 14.4 Å². The molecule has 0 spiro atoms. The number of halogens is 2.